The molecule has 3 aromatic rings. The Bertz CT molecular complexity index is 1430. The lowest BCUT2D eigenvalue weighted by molar-refractivity contribution is 0.414. The van der Waals surface area contributed by atoms with Crippen molar-refractivity contribution >= 4 is 43.1 Å². The Morgan fingerprint density at radius 3 is 1.89 bits per heavy atom. The molecule has 14 heteroatoms. The van der Waals surface area contributed by atoms with E-state index in [1.165, 1.54) is 62.8 Å². The summed E-state index contributed by atoms with van der Waals surface area (Å²) in [5.41, 5.74) is -0.0453. The highest BCUT2D eigenvalue weighted by atomic mass is 32.2. The van der Waals surface area contributed by atoms with Gasteiger partial charge in [-0.2, -0.15) is 8.42 Å². The second kappa shape index (κ2) is 9.79. The van der Waals surface area contributed by atoms with Gasteiger partial charge in [-0.3, -0.25) is 4.72 Å². The minimum Gasteiger partial charge on any atom is -0.497 e. The Hall–Kier alpha value is -3.23. The average Bonchev–Trinajstić information content (AvgIpc) is 3.54. The zero-order valence-electron chi connectivity index (χ0n) is 18.9. The summed E-state index contributed by atoms with van der Waals surface area (Å²) in [6.45, 7) is 1.31. The number of nitrogens with one attached hydrogen (secondary N) is 1. The van der Waals surface area contributed by atoms with Crippen LogP contribution in [0.2, 0.25) is 0 Å². The van der Waals surface area contributed by atoms with Crippen LogP contribution < -0.4 is 14.2 Å². The van der Waals surface area contributed by atoms with Crippen LogP contribution in [0, 0.1) is 0 Å². The van der Waals surface area contributed by atoms with Crippen molar-refractivity contribution in [1.82, 2.24) is 19.3 Å². The number of methoxy groups -OCH3 is 2. The van der Waals surface area contributed by atoms with Crippen molar-refractivity contribution in [2.45, 2.75) is 22.6 Å². The molecule has 1 fully saturated rings. The van der Waals surface area contributed by atoms with Gasteiger partial charge in [0, 0.05) is 13.1 Å². The summed E-state index contributed by atoms with van der Waals surface area (Å²) in [4.78, 5) is 1.89. The van der Waals surface area contributed by atoms with E-state index in [0.717, 1.165) is 12.8 Å². The van der Waals surface area contributed by atoms with Crippen molar-refractivity contribution in [2.75, 3.05) is 32.0 Å². The lowest BCUT2D eigenvalue weighted by Crippen LogP contribution is -2.28. The number of thiocarbonyl (C=S) groups is 1. The third-order valence-electron chi connectivity index (χ3n) is 5.36. The van der Waals surface area contributed by atoms with Crippen molar-refractivity contribution in [3.63, 3.8) is 0 Å². The zero-order valence-corrected chi connectivity index (χ0v) is 21.4. The van der Waals surface area contributed by atoms with Crippen molar-refractivity contribution in [2.24, 2.45) is 0 Å². The van der Waals surface area contributed by atoms with Gasteiger partial charge >= 0.3 is 0 Å². The molecule has 4 rings (SSSR count). The number of benzene rings is 2. The maximum absolute atomic E-state index is 13.2. The lowest BCUT2D eigenvalue weighted by atomic mass is 10.3. The summed E-state index contributed by atoms with van der Waals surface area (Å²) in [6, 6.07) is 11.4. The summed E-state index contributed by atoms with van der Waals surface area (Å²) < 4.78 is 65.5. The van der Waals surface area contributed by atoms with Gasteiger partial charge in [0.1, 0.15) is 16.5 Å². The van der Waals surface area contributed by atoms with Crippen LogP contribution in [0.4, 0.5) is 5.82 Å². The molecule has 2 heterocycles. The maximum atomic E-state index is 13.2. The van der Waals surface area contributed by atoms with E-state index in [1.54, 1.807) is 0 Å². The Balaban J connectivity index is 1.75. The minimum atomic E-state index is -4.24. The fraction of sp³-hybridized carbons (Fsp3) is 0.286. The Morgan fingerprint density at radius 2 is 1.37 bits per heavy atom. The molecule has 0 atom stereocenters. The van der Waals surface area contributed by atoms with Gasteiger partial charge in [-0.1, -0.05) is 16.4 Å². The normalized spacial score (nSPS) is 14.1. The first-order valence-electron chi connectivity index (χ1n) is 10.5. The number of hydrogen-bond donors (Lipinski definition) is 1. The zero-order chi connectivity index (χ0) is 25.2. The minimum absolute atomic E-state index is 0.0453. The van der Waals surface area contributed by atoms with Crippen LogP contribution in [0.5, 0.6) is 11.5 Å². The highest BCUT2D eigenvalue weighted by Gasteiger charge is 2.30. The van der Waals surface area contributed by atoms with Crippen molar-refractivity contribution in [3.8, 4) is 11.5 Å². The van der Waals surface area contributed by atoms with E-state index >= 15 is 0 Å². The number of ether oxygens (including phenoxy) is 2. The van der Waals surface area contributed by atoms with Crippen LogP contribution in [0.25, 0.3) is 0 Å². The summed E-state index contributed by atoms with van der Waals surface area (Å²) in [5, 5.41) is 8.10. The number of sulfonamides is 1. The van der Waals surface area contributed by atoms with Crippen molar-refractivity contribution in [1.29, 1.82) is 0 Å². The number of likely N-dealkylation sites (tertiary alicyclic amines) is 1. The highest BCUT2D eigenvalue weighted by Crippen LogP contribution is 2.24. The first kappa shape index (κ1) is 24.9. The molecule has 1 aliphatic rings. The average molecular weight is 538 g/mol. The molecular formula is C21H23N5O6S3. The quantitative estimate of drug-likeness (QED) is 0.426. The number of aromatic nitrogens is 3. The fourth-order valence-corrected chi connectivity index (χ4v) is 5.83. The molecule has 186 valence electrons. The SMILES string of the molecule is COc1ccc(S(=O)(=O)Nc2nn(S(=O)(=O)c3ccc(OC)cc3)nc2C(=S)N2CCCC2)cc1. The second-order valence-electron chi connectivity index (χ2n) is 7.58. The smallest absolute Gasteiger partial charge is 0.299 e. The molecular weight excluding hydrogens is 514 g/mol. The molecule has 1 N–H and O–H groups in total. The van der Waals surface area contributed by atoms with E-state index < -0.39 is 20.0 Å². The molecule has 0 saturated carbocycles. The van der Waals surface area contributed by atoms with Gasteiger partial charge < -0.3 is 14.4 Å². The van der Waals surface area contributed by atoms with Gasteiger partial charge in [0.05, 0.1) is 24.0 Å². The van der Waals surface area contributed by atoms with E-state index in [2.05, 4.69) is 14.9 Å². The Labute approximate surface area is 208 Å². The maximum Gasteiger partial charge on any atom is 0.299 e. The van der Waals surface area contributed by atoms with Crippen LogP contribution in [-0.2, 0) is 20.0 Å². The third-order valence-corrected chi connectivity index (χ3v) is 8.63. The second-order valence-corrected chi connectivity index (χ2v) is 11.4. The monoisotopic (exact) mass is 537 g/mol. The van der Waals surface area contributed by atoms with Crippen LogP contribution in [0.3, 0.4) is 0 Å². The Morgan fingerprint density at radius 1 is 0.857 bits per heavy atom. The molecule has 0 radical (unpaired) electrons. The summed E-state index contributed by atoms with van der Waals surface area (Å²) in [6.07, 6.45) is 1.82. The van der Waals surface area contributed by atoms with Crippen LogP contribution in [0.1, 0.15) is 18.5 Å². The van der Waals surface area contributed by atoms with Gasteiger partial charge in [0.25, 0.3) is 20.0 Å². The third kappa shape index (κ3) is 5.09. The van der Waals surface area contributed by atoms with Crippen molar-refractivity contribution in [3.05, 3.63) is 54.2 Å². The van der Waals surface area contributed by atoms with Gasteiger partial charge in [-0.05, 0) is 61.4 Å². The molecule has 1 aromatic heterocycles. The predicted octanol–water partition coefficient (Wildman–Crippen LogP) is 2.10. The molecule has 1 aliphatic heterocycles. The topological polar surface area (TPSA) is 133 Å². The summed E-state index contributed by atoms with van der Waals surface area (Å²) in [7, 11) is -5.45. The van der Waals surface area contributed by atoms with Gasteiger partial charge in [-0.15, -0.1) is 10.2 Å². The summed E-state index contributed by atoms with van der Waals surface area (Å²) in [5.74, 6) is 0.674. The molecule has 0 unspecified atom stereocenters. The van der Waals surface area contributed by atoms with Gasteiger partial charge in [0.2, 0.25) is 0 Å². The van der Waals surface area contributed by atoms with Crippen molar-refractivity contribution < 1.29 is 26.3 Å². The van der Waals surface area contributed by atoms with Gasteiger partial charge in [-0.25, -0.2) is 8.42 Å². The highest BCUT2D eigenvalue weighted by molar-refractivity contribution is 7.92. The molecule has 0 amide bonds. The van der Waals surface area contributed by atoms with E-state index in [1.807, 2.05) is 4.90 Å². The molecule has 2 aromatic carbocycles. The summed E-state index contributed by atoms with van der Waals surface area (Å²) >= 11 is 5.54. The first-order valence-corrected chi connectivity index (χ1v) is 13.8. The Kier molecular flexibility index (Phi) is 6.96. The fourth-order valence-electron chi connectivity index (χ4n) is 3.46. The molecule has 0 aliphatic carbocycles. The standard InChI is InChI=1S/C21H23N5O6S3/c1-31-15-5-9-17(10-6-15)34(27,28)24-20-19(21(33)25-13-3-4-14-25)22-26(23-20)35(29,30)18-11-7-16(32-2)8-12-18/h5-12H,3-4,13-14H2,1-2H3,(H,23,24). The van der Waals surface area contributed by atoms with E-state index in [-0.39, 0.29) is 26.3 Å². The van der Waals surface area contributed by atoms with E-state index in [0.29, 0.717) is 28.8 Å². The number of anilines is 1. The predicted molar refractivity (Wildman–Crippen MR) is 132 cm³/mol. The molecule has 0 bridgehead atoms. The molecule has 1 saturated heterocycles. The first-order chi connectivity index (χ1) is 16.7. The number of hydrogen-bond acceptors (Lipinski definition) is 9. The largest absolute Gasteiger partial charge is 0.497 e. The van der Waals surface area contributed by atoms with E-state index in [9.17, 15) is 16.8 Å². The van der Waals surface area contributed by atoms with Gasteiger partial charge in [0.15, 0.2) is 11.5 Å². The van der Waals surface area contributed by atoms with Crippen LogP contribution in [-0.4, -0.2) is 68.4 Å². The lowest BCUT2D eigenvalue weighted by Gasteiger charge is -2.17. The molecule has 0 spiro atoms. The van der Waals surface area contributed by atoms with Crippen LogP contribution >= 0.6 is 12.2 Å². The number of nitrogens with zero attached hydrogens (tertiary/aromatic N) is 4. The van der Waals surface area contributed by atoms with E-state index in [4.69, 9.17) is 21.7 Å². The number of rotatable bonds is 8. The molecule has 35 heavy (non-hydrogen) atoms. The van der Waals surface area contributed by atoms with Crippen LogP contribution in [0.15, 0.2) is 58.3 Å². The molecule has 11 nitrogen and oxygen atoms in total.